The maximum atomic E-state index is 12.5. The molecule has 0 radical (unpaired) electrons. The standard InChI is InChI=1S/C24H27N5O/c1-4-13-28-18(2)15-21(19(28)3)16-22(17-25)24(30)26-12-10-20-6-8-23(9-7-20)29-14-5-11-27-29/h5-9,11,14-16H,4,10,12-13H2,1-3H3,(H,26,30)/b22-16-. The van der Waals surface area contributed by atoms with Crippen molar-refractivity contribution >= 4 is 12.0 Å². The second-order valence-corrected chi connectivity index (χ2v) is 7.27. The predicted molar refractivity (Wildman–Crippen MR) is 118 cm³/mol. The van der Waals surface area contributed by atoms with Crippen LogP contribution >= 0.6 is 0 Å². The van der Waals surface area contributed by atoms with Gasteiger partial charge in [-0.05, 0) is 68.2 Å². The summed E-state index contributed by atoms with van der Waals surface area (Å²) in [6.45, 7) is 7.60. The van der Waals surface area contributed by atoms with Gasteiger partial charge >= 0.3 is 0 Å². The molecule has 0 unspecified atom stereocenters. The van der Waals surface area contributed by atoms with Crippen molar-refractivity contribution in [2.24, 2.45) is 0 Å². The Hall–Kier alpha value is -3.59. The number of nitriles is 1. The third-order valence-electron chi connectivity index (χ3n) is 5.13. The summed E-state index contributed by atoms with van der Waals surface area (Å²) in [5, 5.41) is 16.5. The first kappa shape index (κ1) is 21.1. The van der Waals surface area contributed by atoms with Crippen molar-refractivity contribution in [3.63, 3.8) is 0 Å². The van der Waals surface area contributed by atoms with Gasteiger partial charge in [-0.25, -0.2) is 4.68 Å². The molecule has 0 atom stereocenters. The van der Waals surface area contributed by atoms with Crippen LogP contribution in [-0.2, 0) is 17.8 Å². The van der Waals surface area contributed by atoms with Crippen LogP contribution in [0.15, 0.2) is 54.4 Å². The van der Waals surface area contributed by atoms with E-state index in [9.17, 15) is 10.1 Å². The molecule has 0 aliphatic heterocycles. The lowest BCUT2D eigenvalue weighted by atomic mass is 10.1. The molecule has 0 saturated heterocycles. The number of hydrogen-bond donors (Lipinski definition) is 1. The zero-order valence-corrected chi connectivity index (χ0v) is 17.7. The van der Waals surface area contributed by atoms with Crippen molar-refractivity contribution in [3.8, 4) is 11.8 Å². The fourth-order valence-electron chi connectivity index (χ4n) is 3.50. The molecule has 2 heterocycles. The largest absolute Gasteiger partial charge is 0.351 e. The Bertz CT molecular complexity index is 1070. The summed E-state index contributed by atoms with van der Waals surface area (Å²) in [6.07, 6.45) is 7.04. The second kappa shape index (κ2) is 9.75. The summed E-state index contributed by atoms with van der Waals surface area (Å²) in [5.74, 6) is -0.342. The van der Waals surface area contributed by atoms with E-state index in [0.29, 0.717) is 13.0 Å². The van der Waals surface area contributed by atoms with Gasteiger partial charge in [0.2, 0.25) is 0 Å². The van der Waals surface area contributed by atoms with Crippen molar-refractivity contribution < 1.29 is 4.79 Å². The molecule has 6 nitrogen and oxygen atoms in total. The minimum Gasteiger partial charge on any atom is -0.351 e. The predicted octanol–water partition coefficient (Wildman–Crippen LogP) is 3.97. The van der Waals surface area contributed by atoms with Crippen molar-refractivity contribution in [1.82, 2.24) is 19.7 Å². The fraction of sp³-hybridized carbons (Fsp3) is 0.292. The van der Waals surface area contributed by atoms with Gasteiger partial charge in [0.1, 0.15) is 11.6 Å². The minimum atomic E-state index is -0.342. The molecule has 0 saturated carbocycles. The molecule has 30 heavy (non-hydrogen) atoms. The lowest BCUT2D eigenvalue weighted by molar-refractivity contribution is -0.117. The highest BCUT2D eigenvalue weighted by atomic mass is 16.1. The number of nitrogens with one attached hydrogen (secondary N) is 1. The monoisotopic (exact) mass is 401 g/mol. The molecule has 1 N–H and O–H groups in total. The zero-order chi connectivity index (χ0) is 21.5. The molecule has 154 valence electrons. The average Bonchev–Trinajstić information content (AvgIpc) is 3.37. The highest BCUT2D eigenvalue weighted by molar-refractivity contribution is 6.01. The van der Waals surface area contributed by atoms with Crippen LogP contribution in [-0.4, -0.2) is 26.8 Å². The lowest BCUT2D eigenvalue weighted by Gasteiger charge is -2.07. The van der Waals surface area contributed by atoms with Gasteiger partial charge < -0.3 is 9.88 Å². The molecule has 0 fully saturated rings. The molecule has 0 aliphatic rings. The van der Waals surface area contributed by atoms with E-state index in [4.69, 9.17) is 0 Å². The van der Waals surface area contributed by atoms with E-state index in [1.54, 1.807) is 17.0 Å². The van der Waals surface area contributed by atoms with Crippen LogP contribution in [0.3, 0.4) is 0 Å². The first-order chi connectivity index (χ1) is 14.5. The van der Waals surface area contributed by atoms with Crippen LogP contribution in [0.1, 0.15) is 35.9 Å². The number of rotatable bonds is 8. The first-order valence-electron chi connectivity index (χ1n) is 10.2. The Balaban J connectivity index is 1.60. The van der Waals surface area contributed by atoms with Gasteiger partial charge in [0.15, 0.2) is 0 Å². The van der Waals surface area contributed by atoms with Crippen molar-refractivity contribution in [3.05, 3.63) is 76.9 Å². The highest BCUT2D eigenvalue weighted by Gasteiger charge is 2.12. The van der Waals surface area contributed by atoms with Crippen LogP contribution in [0.25, 0.3) is 11.8 Å². The van der Waals surface area contributed by atoms with E-state index >= 15 is 0 Å². The van der Waals surface area contributed by atoms with E-state index in [2.05, 4.69) is 21.9 Å². The van der Waals surface area contributed by atoms with E-state index in [1.165, 1.54) is 0 Å². The Morgan fingerprint density at radius 3 is 2.67 bits per heavy atom. The average molecular weight is 402 g/mol. The molecule has 1 amide bonds. The second-order valence-electron chi connectivity index (χ2n) is 7.27. The molecule has 0 aliphatic carbocycles. The van der Waals surface area contributed by atoms with Gasteiger partial charge in [-0.15, -0.1) is 0 Å². The molecular formula is C24H27N5O. The fourth-order valence-corrected chi connectivity index (χ4v) is 3.50. The van der Waals surface area contributed by atoms with Gasteiger partial charge in [-0.2, -0.15) is 10.4 Å². The summed E-state index contributed by atoms with van der Waals surface area (Å²) < 4.78 is 4.01. The number of nitrogens with zero attached hydrogens (tertiary/aromatic N) is 4. The van der Waals surface area contributed by atoms with E-state index in [0.717, 1.165) is 41.2 Å². The first-order valence-corrected chi connectivity index (χ1v) is 10.2. The van der Waals surface area contributed by atoms with Crippen LogP contribution < -0.4 is 5.32 Å². The maximum absolute atomic E-state index is 12.5. The molecule has 0 bridgehead atoms. The molecular weight excluding hydrogens is 374 g/mol. The molecule has 2 aromatic heterocycles. The SMILES string of the molecule is CCCn1c(C)cc(/C=C(/C#N)C(=O)NCCc2ccc(-n3cccn3)cc2)c1C. The van der Waals surface area contributed by atoms with E-state index < -0.39 is 0 Å². The molecule has 3 rings (SSSR count). The minimum absolute atomic E-state index is 0.126. The number of amides is 1. The summed E-state index contributed by atoms with van der Waals surface area (Å²) in [5.41, 5.74) is 5.35. The summed E-state index contributed by atoms with van der Waals surface area (Å²) in [4.78, 5) is 12.5. The Kier molecular flexibility index (Phi) is 6.87. The number of carbonyl (C=O) groups excluding carboxylic acids is 1. The van der Waals surface area contributed by atoms with Crippen LogP contribution in [0.5, 0.6) is 0 Å². The van der Waals surface area contributed by atoms with Crippen LogP contribution in [0.2, 0.25) is 0 Å². The van der Waals surface area contributed by atoms with Gasteiger partial charge in [0.05, 0.1) is 5.69 Å². The maximum Gasteiger partial charge on any atom is 0.261 e. The molecule has 3 aromatic rings. The Labute approximate surface area is 177 Å². The van der Waals surface area contributed by atoms with E-state index in [1.807, 2.05) is 62.5 Å². The number of aryl methyl sites for hydroxylation is 1. The Morgan fingerprint density at radius 2 is 2.03 bits per heavy atom. The molecule has 6 heteroatoms. The normalized spacial score (nSPS) is 11.3. The Morgan fingerprint density at radius 1 is 1.27 bits per heavy atom. The van der Waals surface area contributed by atoms with Gasteiger partial charge in [-0.3, -0.25) is 4.79 Å². The van der Waals surface area contributed by atoms with Crippen LogP contribution in [0.4, 0.5) is 0 Å². The van der Waals surface area contributed by atoms with Crippen molar-refractivity contribution in [1.29, 1.82) is 5.26 Å². The summed E-state index contributed by atoms with van der Waals surface area (Å²) in [7, 11) is 0. The van der Waals surface area contributed by atoms with Gasteiger partial charge in [0, 0.05) is 36.9 Å². The number of benzene rings is 1. The van der Waals surface area contributed by atoms with Gasteiger partial charge in [-0.1, -0.05) is 19.1 Å². The summed E-state index contributed by atoms with van der Waals surface area (Å²) >= 11 is 0. The zero-order valence-electron chi connectivity index (χ0n) is 17.7. The number of carbonyl (C=O) groups is 1. The van der Waals surface area contributed by atoms with Crippen molar-refractivity contribution in [2.45, 2.75) is 40.2 Å². The molecule has 0 spiro atoms. The smallest absolute Gasteiger partial charge is 0.261 e. The van der Waals surface area contributed by atoms with Gasteiger partial charge in [0.25, 0.3) is 5.91 Å². The lowest BCUT2D eigenvalue weighted by Crippen LogP contribution is -2.26. The molecule has 1 aromatic carbocycles. The topological polar surface area (TPSA) is 75.6 Å². The quantitative estimate of drug-likeness (QED) is 0.458. The van der Waals surface area contributed by atoms with Crippen LogP contribution in [0, 0.1) is 25.2 Å². The van der Waals surface area contributed by atoms with Crippen molar-refractivity contribution in [2.75, 3.05) is 6.54 Å². The number of hydrogen-bond acceptors (Lipinski definition) is 3. The third kappa shape index (κ3) is 4.87. The number of aromatic nitrogens is 3. The third-order valence-corrected chi connectivity index (χ3v) is 5.13. The highest BCUT2D eigenvalue weighted by Crippen LogP contribution is 2.19. The van der Waals surface area contributed by atoms with E-state index in [-0.39, 0.29) is 11.5 Å². The summed E-state index contributed by atoms with van der Waals surface area (Å²) in [6, 6.07) is 14.0.